The normalized spacial score (nSPS) is 26.1. The molecule has 0 saturated carbocycles. The van der Waals surface area contributed by atoms with E-state index < -0.39 is 0 Å². The van der Waals surface area contributed by atoms with E-state index in [9.17, 15) is 9.18 Å². The van der Waals surface area contributed by atoms with Crippen LogP contribution in [0.15, 0.2) is 36.0 Å². The number of ether oxygens (including phenoxy) is 2. The van der Waals surface area contributed by atoms with E-state index in [4.69, 9.17) is 9.47 Å². The van der Waals surface area contributed by atoms with Gasteiger partial charge < -0.3 is 14.4 Å². The van der Waals surface area contributed by atoms with Crippen LogP contribution in [0.2, 0.25) is 0 Å². The summed E-state index contributed by atoms with van der Waals surface area (Å²) in [4.78, 5) is 19.1. The molecule has 2 saturated heterocycles. The van der Waals surface area contributed by atoms with Crippen LogP contribution in [0.1, 0.15) is 28.9 Å². The predicted molar refractivity (Wildman–Crippen MR) is 91.4 cm³/mol. The maximum Gasteiger partial charge on any atom is 0.265 e. The van der Waals surface area contributed by atoms with E-state index in [1.807, 2.05) is 4.90 Å². The fourth-order valence-corrected chi connectivity index (χ4v) is 4.23. The van der Waals surface area contributed by atoms with Gasteiger partial charge in [0.1, 0.15) is 22.5 Å². The van der Waals surface area contributed by atoms with Crippen molar-refractivity contribution < 1.29 is 18.7 Å². The van der Waals surface area contributed by atoms with Gasteiger partial charge in [0.25, 0.3) is 5.91 Å². The first-order valence-electron chi connectivity index (χ1n) is 8.38. The van der Waals surface area contributed by atoms with Crippen LogP contribution in [0.3, 0.4) is 0 Å². The average molecular weight is 362 g/mol. The first-order chi connectivity index (χ1) is 12.1. The van der Waals surface area contributed by atoms with E-state index in [0.29, 0.717) is 30.2 Å². The number of nitrogens with zero attached hydrogens (tertiary/aromatic N) is 2. The molecule has 0 aliphatic carbocycles. The summed E-state index contributed by atoms with van der Waals surface area (Å²) in [6, 6.07) is 6.15. The molecule has 0 bridgehead atoms. The lowest BCUT2D eigenvalue weighted by atomic mass is 9.89. The Balaban J connectivity index is 1.41. The van der Waals surface area contributed by atoms with Gasteiger partial charge in [-0.15, -0.1) is 11.3 Å². The Bertz CT molecular complexity index is 755. The van der Waals surface area contributed by atoms with E-state index in [0.717, 1.165) is 19.4 Å². The van der Waals surface area contributed by atoms with Crippen molar-refractivity contribution in [2.45, 2.75) is 31.0 Å². The third-order valence-corrected chi connectivity index (χ3v) is 5.50. The van der Waals surface area contributed by atoms with Gasteiger partial charge in [-0.3, -0.25) is 9.78 Å². The summed E-state index contributed by atoms with van der Waals surface area (Å²) in [6.07, 6.45) is 4.00. The van der Waals surface area contributed by atoms with Crippen molar-refractivity contribution in [2.24, 2.45) is 0 Å². The van der Waals surface area contributed by atoms with Crippen LogP contribution in [-0.4, -0.2) is 47.2 Å². The van der Waals surface area contributed by atoms with Gasteiger partial charge in [-0.25, -0.2) is 4.39 Å². The van der Waals surface area contributed by atoms with E-state index in [2.05, 4.69) is 4.98 Å². The maximum absolute atomic E-state index is 13.3. The number of hydrogen-bond donors (Lipinski definition) is 0. The average Bonchev–Trinajstić information content (AvgIpc) is 3.25. The second-order valence-electron chi connectivity index (χ2n) is 6.59. The second-order valence-corrected chi connectivity index (χ2v) is 7.48. The molecule has 2 aliphatic rings. The molecule has 2 aromatic rings. The van der Waals surface area contributed by atoms with Crippen molar-refractivity contribution in [3.05, 3.63) is 46.7 Å². The third kappa shape index (κ3) is 3.52. The van der Waals surface area contributed by atoms with Gasteiger partial charge >= 0.3 is 0 Å². The van der Waals surface area contributed by atoms with Crippen LogP contribution in [0, 0.1) is 5.82 Å². The molecule has 0 N–H and O–H groups in total. The highest BCUT2D eigenvalue weighted by molar-refractivity contribution is 7.11. The molecule has 2 aliphatic heterocycles. The summed E-state index contributed by atoms with van der Waals surface area (Å²) in [5.41, 5.74) is 1.30. The zero-order valence-corrected chi connectivity index (χ0v) is 14.5. The number of amides is 1. The molecule has 3 heterocycles. The number of thiazole rings is 1. The molecular weight excluding hydrogens is 343 g/mol. The van der Waals surface area contributed by atoms with Gasteiger partial charge in [0.05, 0.1) is 30.5 Å². The maximum atomic E-state index is 13.3. The number of carbonyl (C=O) groups is 1. The zero-order chi connectivity index (χ0) is 17.3. The molecular formula is C18H19FN2O3S. The van der Waals surface area contributed by atoms with Gasteiger partial charge in [0.15, 0.2) is 0 Å². The number of rotatable bonds is 3. The largest absolute Gasteiger partial charge is 0.488 e. The summed E-state index contributed by atoms with van der Waals surface area (Å²) in [5.74, 6) is 0.212. The van der Waals surface area contributed by atoms with Gasteiger partial charge in [0, 0.05) is 19.0 Å². The minimum Gasteiger partial charge on any atom is -0.488 e. The predicted octanol–water partition coefficient (Wildman–Crippen LogP) is 3.12. The molecule has 1 aromatic heterocycles. The lowest BCUT2D eigenvalue weighted by Gasteiger charge is -2.39. The highest BCUT2D eigenvalue weighted by atomic mass is 32.1. The number of benzene rings is 1. The van der Waals surface area contributed by atoms with Crippen LogP contribution in [0.25, 0.3) is 0 Å². The standard InChI is InChI=1S/C18H19FN2O3S/c19-13-3-1-4-14(7-13)24-15-8-18(23-10-15)5-2-6-21(11-18)17(22)16-9-20-12-25-16/h1,3-4,7,9,12,15H,2,5-6,8,10-11H2/t15-,18-/m1/s1. The molecule has 0 unspecified atom stereocenters. The van der Waals surface area contributed by atoms with Gasteiger partial charge in [-0.2, -0.15) is 0 Å². The Morgan fingerprint density at radius 3 is 3.20 bits per heavy atom. The molecule has 1 aromatic carbocycles. The van der Waals surface area contributed by atoms with Crippen LogP contribution in [0.4, 0.5) is 4.39 Å². The van der Waals surface area contributed by atoms with Gasteiger partial charge in [0.2, 0.25) is 0 Å². The number of aromatic nitrogens is 1. The van der Waals surface area contributed by atoms with Crippen molar-refractivity contribution in [3.63, 3.8) is 0 Å². The van der Waals surface area contributed by atoms with Crippen molar-refractivity contribution >= 4 is 17.2 Å². The van der Waals surface area contributed by atoms with Crippen LogP contribution < -0.4 is 4.74 Å². The number of carbonyl (C=O) groups excluding carboxylic acids is 1. The minimum absolute atomic E-state index is 0.0136. The fraction of sp³-hybridized carbons (Fsp3) is 0.444. The molecule has 1 amide bonds. The topological polar surface area (TPSA) is 51.7 Å². The Hall–Kier alpha value is -1.99. The van der Waals surface area contributed by atoms with Crippen LogP contribution in [0.5, 0.6) is 5.75 Å². The van der Waals surface area contributed by atoms with Gasteiger partial charge in [-0.05, 0) is 25.0 Å². The van der Waals surface area contributed by atoms with E-state index >= 15 is 0 Å². The summed E-state index contributed by atoms with van der Waals surface area (Å²) in [7, 11) is 0. The van der Waals surface area contributed by atoms with E-state index in [1.165, 1.54) is 23.5 Å². The van der Waals surface area contributed by atoms with Crippen molar-refractivity contribution in [3.8, 4) is 5.75 Å². The molecule has 0 radical (unpaired) electrons. The summed E-state index contributed by atoms with van der Waals surface area (Å²) in [6.45, 7) is 1.75. The second kappa shape index (κ2) is 6.72. The molecule has 2 atom stereocenters. The molecule has 25 heavy (non-hydrogen) atoms. The Morgan fingerprint density at radius 2 is 2.40 bits per heavy atom. The summed E-state index contributed by atoms with van der Waals surface area (Å²) >= 11 is 1.36. The van der Waals surface area contributed by atoms with E-state index in [1.54, 1.807) is 23.8 Å². The monoisotopic (exact) mass is 362 g/mol. The van der Waals surface area contributed by atoms with Crippen LogP contribution in [-0.2, 0) is 4.74 Å². The highest BCUT2D eigenvalue weighted by Crippen LogP contribution is 2.36. The van der Waals surface area contributed by atoms with Crippen LogP contribution >= 0.6 is 11.3 Å². The summed E-state index contributed by atoms with van der Waals surface area (Å²) < 4.78 is 25.2. The van der Waals surface area contributed by atoms with Crippen molar-refractivity contribution in [1.82, 2.24) is 9.88 Å². The lowest BCUT2D eigenvalue weighted by molar-refractivity contribution is -0.0452. The first-order valence-corrected chi connectivity index (χ1v) is 9.25. The third-order valence-electron chi connectivity index (χ3n) is 4.74. The minimum atomic E-state index is -0.364. The lowest BCUT2D eigenvalue weighted by Crippen LogP contribution is -2.50. The number of hydrogen-bond acceptors (Lipinski definition) is 5. The first kappa shape index (κ1) is 16.5. The molecule has 7 heteroatoms. The molecule has 2 fully saturated rings. The van der Waals surface area contributed by atoms with Gasteiger partial charge in [-0.1, -0.05) is 6.07 Å². The fourth-order valence-electron chi connectivity index (χ4n) is 3.64. The Kier molecular flexibility index (Phi) is 4.43. The number of piperidine rings is 1. The zero-order valence-electron chi connectivity index (χ0n) is 13.7. The van der Waals surface area contributed by atoms with Crippen molar-refractivity contribution in [2.75, 3.05) is 19.7 Å². The number of halogens is 1. The smallest absolute Gasteiger partial charge is 0.265 e. The molecule has 132 valence electrons. The van der Waals surface area contributed by atoms with Crippen molar-refractivity contribution in [1.29, 1.82) is 0 Å². The summed E-state index contributed by atoms with van der Waals surface area (Å²) in [5, 5.41) is 0. The molecule has 5 nitrogen and oxygen atoms in total. The number of likely N-dealkylation sites (tertiary alicyclic amines) is 1. The highest BCUT2D eigenvalue weighted by Gasteiger charge is 2.45. The molecule has 4 rings (SSSR count). The Labute approximate surface area is 149 Å². The SMILES string of the molecule is O=C(c1cncs1)N1CCC[C@@]2(C[C@@H](Oc3cccc(F)c3)CO2)C1. The van der Waals surface area contributed by atoms with E-state index in [-0.39, 0.29) is 23.4 Å². The Morgan fingerprint density at radius 1 is 1.48 bits per heavy atom. The quantitative estimate of drug-likeness (QED) is 0.842. The molecule has 1 spiro atoms.